The van der Waals surface area contributed by atoms with E-state index in [0.717, 1.165) is 17.1 Å². The van der Waals surface area contributed by atoms with Crippen molar-refractivity contribution in [2.75, 3.05) is 4.90 Å². The Morgan fingerprint density at radius 2 is 0.904 bits per heavy atom. The van der Waals surface area contributed by atoms with Crippen LogP contribution < -0.4 is 4.90 Å². The normalized spacial score (nSPS) is 12.9. The minimum absolute atomic E-state index is 0.108. The van der Waals surface area contributed by atoms with Gasteiger partial charge in [0.2, 0.25) is 0 Å². The molecule has 0 unspecified atom stereocenters. The molecule has 0 heterocycles. The topological polar surface area (TPSA) is 27.0 Å². The minimum atomic E-state index is -0.108. The fourth-order valence-electron chi connectivity index (χ4n) is 8.57. The van der Waals surface area contributed by atoms with Crippen LogP contribution in [0.1, 0.15) is 30.5 Å². The van der Waals surface area contributed by atoms with Gasteiger partial charge in [0.15, 0.2) is 0 Å². The zero-order chi connectivity index (χ0) is 35.0. The van der Waals surface area contributed by atoms with Gasteiger partial charge in [-0.3, -0.25) is 0 Å². The predicted octanol–water partition coefficient (Wildman–Crippen LogP) is 13.6. The Kier molecular flexibility index (Phi) is 6.62. The molecule has 0 N–H and O–H groups in total. The third-order valence-corrected chi connectivity index (χ3v) is 11.2. The molecular weight excluding hydrogens is 629 g/mol. The lowest BCUT2D eigenvalue weighted by Gasteiger charge is -2.28. The summed E-state index contributed by atoms with van der Waals surface area (Å²) in [6, 6.07) is 63.7. The van der Waals surface area contributed by atoms with Gasteiger partial charge in [-0.25, -0.2) is 0 Å². The van der Waals surface area contributed by atoms with Gasteiger partial charge in [0.25, 0.3) is 0 Å². The molecule has 1 aliphatic carbocycles. The van der Waals surface area contributed by atoms with E-state index in [-0.39, 0.29) is 5.41 Å². The molecule has 244 valence electrons. The Morgan fingerprint density at radius 3 is 1.48 bits per heavy atom. The number of nitriles is 1. The second kappa shape index (κ2) is 11.4. The Balaban J connectivity index is 1.05. The van der Waals surface area contributed by atoms with Gasteiger partial charge < -0.3 is 4.90 Å². The van der Waals surface area contributed by atoms with E-state index in [1.54, 1.807) is 0 Å². The molecule has 0 amide bonds. The van der Waals surface area contributed by atoms with Gasteiger partial charge in [0, 0.05) is 22.5 Å². The van der Waals surface area contributed by atoms with E-state index in [1.807, 2.05) is 24.3 Å². The molecule has 1 aliphatic rings. The highest BCUT2D eigenvalue weighted by atomic mass is 15.1. The van der Waals surface area contributed by atoms with E-state index < -0.39 is 0 Å². The molecule has 0 bridgehead atoms. The molecule has 0 aliphatic heterocycles. The quantitative estimate of drug-likeness (QED) is 0.172. The standard InChI is InChI=1S/C50H34N2/c1-50(2)46-11-7-6-10-44(46)45-25-24-43(30-47(45)50)52(41-20-12-32(31-51)13-21-41)42-22-18-34(19-23-42)40-28-37-16-14-35-26-39(33-8-4-3-5-9-33)27-36-15-17-38(29-40)49(37)48(35)36/h3-30H,1-2H3. The third-order valence-electron chi connectivity index (χ3n) is 11.2. The van der Waals surface area contributed by atoms with Gasteiger partial charge in [0.1, 0.15) is 0 Å². The summed E-state index contributed by atoms with van der Waals surface area (Å²) in [4.78, 5) is 2.30. The summed E-state index contributed by atoms with van der Waals surface area (Å²) in [6.07, 6.45) is 0. The number of anilines is 3. The number of hydrogen-bond acceptors (Lipinski definition) is 2. The first-order valence-corrected chi connectivity index (χ1v) is 17.9. The van der Waals surface area contributed by atoms with Crippen molar-refractivity contribution in [1.29, 1.82) is 5.26 Å². The van der Waals surface area contributed by atoms with Crippen LogP contribution in [0.15, 0.2) is 170 Å². The van der Waals surface area contributed by atoms with Crippen molar-refractivity contribution in [2.24, 2.45) is 0 Å². The van der Waals surface area contributed by atoms with E-state index in [0.29, 0.717) is 5.56 Å². The van der Waals surface area contributed by atoms with E-state index in [4.69, 9.17) is 0 Å². The molecule has 0 radical (unpaired) electrons. The van der Waals surface area contributed by atoms with Gasteiger partial charge in [-0.2, -0.15) is 5.26 Å². The first-order valence-electron chi connectivity index (χ1n) is 17.9. The van der Waals surface area contributed by atoms with Crippen molar-refractivity contribution in [3.63, 3.8) is 0 Å². The van der Waals surface area contributed by atoms with Gasteiger partial charge in [-0.1, -0.05) is 111 Å². The van der Waals surface area contributed by atoms with Crippen LogP contribution >= 0.6 is 0 Å². The van der Waals surface area contributed by atoms with Crippen molar-refractivity contribution in [3.05, 3.63) is 187 Å². The minimum Gasteiger partial charge on any atom is -0.310 e. The molecule has 0 atom stereocenters. The third kappa shape index (κ3) is 4.64. The number of hydrogen-bond donors (Lipinski definition) is 0. The van der Waals surface area contributed by atoms with Crippen LogP contribution in [0.3, 0.4) is 0 Å². The fraction of sp³-hybridized carbons (Fsp3) is 0.0600. The molecule has 0 saturated heterocycles. The second-order valence-corrected chi connectivity index (χ2v) is 14.5. The molecule has 9 aromatic rings. The van der Waals surface area contributed by atoms with Crippen LogP contribution in [-0.4, -0.2) is 0 Å². The number of rotatable bonds is 5. The average molecular weight is 663 g/mol. The predicted molar refractivity (Wildman–Crippen MR) is 218 cm³/mol. The van der Waals surface area contributed by atoms with E-state index >= 15 is 0 Å². The smallest absolute Gasteiger partial charge is 0.0991 e. The van der Waals surface area contributed by atoms with Crippen LogP contribution in [0.5, 0.6) is 0 Å². The average Bonchev–Trinajstić information content (AvgIpc) is 3.43. The van der Waals surface area contributed by atoms with Crippen LogP contribution in [0.25, 0.3) is 65.7 Å². The number of fused-ring (bicyclic) bond motifs is 3. The van der Waals surface area contributed by atoms with Gasteiger partial charge in [-0.05, 0) is 150 Å². The van der Waals surface area contributed by atoms with Crippen molar-refractivity contribution in [3.8, 4) is 39.4 Å². The molecule has 0 aromatic heterocycles. The van der Waals surface area contributed by atoms with E-state index in [2.05, 4.69) is 170 Å². The monoisotopic (exact) mass is 662 g/mol. The summed E-state index contributed by atoms with van der Waals surface area (Å²) in [6.45, 7) is 4.64. The lowest BCUT2D eigenvalue weighted by atomic mass is 9.82. The highest BCUT2D eigenvalue weighted by Crippen LogP contribution is 2.50. The van der Waals surface area contributed by atoms with Crippen LogP contribution in [0.2, 0.25) is 0 Å². The molecule has 0 saturated carbocycles. The zero-order valence-electron chi connectivity index (χ0n) is 29.1. The Morgan fingerprint density at radius 1 is 0.423 bits per heavy atom. The molecule has 9 aromatic carbocycles. The zero-order valence-corrected chi connectivity index (χ0v) is 29.1. The van der Waals surface area contributed by atoms with Crippen molar-refractivity contribution in [2.45, 2.75) is 19.3 Å². The van der Waals surface area contributed by atoms with Crippen LogP contribution in [0, 0.1) is 11.3 Å². The summed E-state index contributed by atoms with van der Waals surface area (Å²) < 4.78 is 0. The van der Waals surface area contributed by atoms with Crippen LogP contribution in [0.4, 0.5) is 17.1 Å². The van der Waals surface area contributed by atoms with E-state index in [1.165, 1.54) is 76.8 Å². The maximum atomic E-state index is 9.53. The summed E-state index contributed by atoms with van der Waals surface area (Å²) in [5.41, 5.74) is 13.9. The molecular formula is C50H34N2. The maximum Gasteiger partial charge on any atom is 0.0991 e. The molecule has 0 fully saturated rings. The van der Waals surface area contributed by atoms with Gasteiger partial charge >= 0.3 is 0 Å². The van der Waals surface area contributed by atoms with Crippen molar-refractivity contribution >= 4 is 49.4 Å². The van der Waals surface area contributed by atoms with Crippen molar-refractivity contribution < 1.29 is 0 Å². The van der Waals surface area contributed by atoms with Gasteiger partial charge in [0.05, 0.1) is 11.6 Å². The summed E-state index contributed by atoms with van der Waals surface area (Å²) in [7, 11) is 0. The molecule has 2 heteroatoms. The summed E-state index contributed by atoms with van der Waals surface area (Å²) in [5.74, 6) is 0. The van der Waals surface area contributed by atoms with Crippen molar-refractivity contribution in [1.82, 2.24) is 0 Å². The Labute approximate surface area is 303 Å². The maximum absolute atomic E-state index is 9.53. The SMILES string of the molecule is CC1(C)c2ccccc2-c2ccc(N(c3ccc(C#N)cc3)c3ccc(-c4cc5ccc6cc(-c7ccccc7)cc7ccc(c4)c5c67)cc3)cc21. The lowest BCUT2D eigenvalue weighted by molar-refractivity contribution is 0.660. The number of nitrogens with zero attached hydrogens (tertiary/aromatic N) is 2. The molecule has 52 heavy (non-hydrogen) atoms. The van der Waals surface area contributed by atoms with E-state index in [9.17, 15) is 5.26 Å². The molecule has 2 nitrogen and oxygen atoms in total. The Hall–Kier alpha value is -6.69. The largest absolute Gasteiger partial charge is 0.310 e. The second-order valence-electron chi connectivity index (χ2n) is 14.5. The summed E-state index contributed by atoms with van der Waals surface area (Å²) in [5, 5.41) is 17.2. The Bertz CT molecular complexity index is 2790. The number of benzene rings is 9. The fourth-order valence-corrected chi connectivity index (χ4v) is 8.57. The molecule has 10 rings (SSSR count). The lowest BCUT2D eigenvalue weighted by Crippen LogP contribution is -2.16. The molecule has 0 spiro atoms. The first kappa shape index (κ1) is 30.2. The summed E-state index contributed by atoms with van der Waals surface area (Å²) >= 11 is 0. The van der Waals surface area contributed by atoms with Crippen LogP contribution in [-0.2, 0) is 5.41 Å². The highest BCUT2D eigenvalue weighted by Gasteiger charge is 2.35. The highest BCUT2D eigenvalue weighted by molar-refractivity contribution is 6.24. The first-order chi connectivity index (χ1) is 25.5. The van der Waals surface area contributed by atoms with Gasteiger partial charge in [-0.15, -0.1) is 0 Å².